The molecule has 0 aromatic carbocycles. The van der Waals surface area contributed by atoms with Crippen LogP contribution in [0.25, 0.3) is 0 Å². The Balaban J connectivity index is 3.36. The van der Waals surface area contributed by atoms with Gasteiger partial charge >= 0.3 is 5.97 Å². The normalized spacial score (nSPS) is 12.6. The minimum atomic E-state index is -1.23. The van der Waals surface area contributed by atoms with E-state index in [-0.39, 0.29) is 13.0 Å². The minimum absolute atomic E-state index is 0.203. The number of rotatable bonds is 4. The monoisotopic (exact) mass is 242 g/mol. The van der Waals surface area contributed by atoms with Crippen LogP contribution in [0.15, 0.2) is 0 Å². The third-order valence-electron chi connectivity index (χ3n) is 3.15. The first kappa shape index (κ1) is 13.7. The number of ether oxygens (including phenoxy) is 1. The molecular weight excluding hydrogens is 223 g/mol. The fourth-order valence-corrected chi connectivity index (χ4v) is 2.01. The van der Waals surface area contributed by atoms with E-state index < -0.39 is 12.1 Å². The van der Waals surface area contributed by atoms with Crippen LogP contribution in [0.2, 0.25) is 0 Å². The van der Waals surface area contributed by atoms with Crippen molar-refractivity contribution in [3.05, 3.63) is 22.5 Å². The molecule has 1 unspecified atom stereocenters. The number of methoxy groups -OCH3 is 1. The molecule has 0 bridgehead atoms. The highest BCUT2D eigenvalue weighted by Crippen LogP contribution is 2.31. The Labute approximate surface area is 101 Å². The van der Waals surface area contributed by atoms with Gasteiger partial charge < -0.3 is 15.0 Å². The average molecular weight is 242 g/mol. The quantitative estimate of drug-likeness (QED) is 0.819. The van der Waals surface area contributed by atoms with Gasteiger partial charge in [-0.25, -0.2) is 9.18 Å². The van der Waals surface area contributed by atoms with Crippen molar-refractivity contribution in [2.75, 3.05) is 13.7 Å². The Morgan fingerprint density at radius 2 is 2.06 bits per heavy atom. The zero-order valence-corrected chi connectivity index (χ0v) is 10.7. The first-order valence-corrected chi connectivity index (χ1v) is 5.53. The van der Waals surface area contributed by atoms with Crippen molar-refractivity contribution in [1.29, 1.82) is 0 Å². The van der Waals surface area contributed by atoms with Gasteiger partial charge in [-0.05, 0) is 26.8 Å². The number of carbonyl (C=O) groups excluding carboxylic acids is 1. The summed E-state index contributed by atoms with van der Waals surface area (Å²) in [5, 5.41) is 0. The fraction of sp³-hybridized carbons (Fsp3) is 0.583. The van der Waals surface area contributed by atoms with Gasteiger partial charge in [-0.15, -0.1) is 0 Å². The molecule has 1 aromatic rings. The van der Waals surface area contributed by atoms with E-state index in [9.17, 15) is 9.18 Å². The molecule has 0 saturated heterocycles. The Kier molecular flexibility index (Phi) is 4.28. The number of aromatic nitrogens is 1. The van der Waals surface area contributed by atoms with Crippen molar-refractivity contribution < 1.29 is 13.9 Å². The lowest BCUT2D eigenvalue weighted by molar-refractivity contribution is 0.0596. The van der Waals surface area contributed by atoms with Gasteiger partial charge in [0.25, 0.3) is 0 Å². The Bertz CT molecular complexity index is 427. The number of halogens is 1. The molecule has 0 saturated carbocycles. The molecule has 0 aliphatic carbocycles. The zero-order chi connectivity index (χ0) is 13.2. The number of esters is 1. The molecule has 1 heterocycles. The molecule has 4 nitrogen and oxygen atoms in total. The summed E-state index contributed by atoms with van der Waals surface area (Å²) >= 11 is 0. The third-order valence-corrected chi connectivity index (χ3v) is 3.15. The number of nitrogens with zero attached hydrogens (tertiary/aromatic N) is 1. The number of carbonyl (C=O) groups is 1. The fourth-order valence-electron chi connectivity index (χ4n) is 2.01. The molecular formula is C12H19FN2O2. The lowest BCUT2D eigenvalue weighted by Crippen LogP contribution is -2.10. The van der Waals surface area contributed by atoms with Crippen LogP contribution in [0.3, 0.4) is 0 Å². The molecule has 2 N–H and O–H groups in total. The lowest BCUT2D eigenvalue weighted by Gasteiger charge is -2.09. The van der Waals surface area contributed by atoms with Crippen LogP contribution < -0.4 is 5.73 Å². The van der Waals surface area contributed by atoms with Crippen LogP contribution in [0.5, 0.6) is 0 Å². The molecule has 96 valence electrons. The summed E-state index contributed by atoms with van der Waals surface area (Å²) in [7, 11) is 3.10. The summed E-state index contributed by atoms with van der Waals surface area (Å²) in [4.78, 5) is 11.7. The second kappa shape index (κ2) is 5.31. The number of nitrogens with two attached hydrogens (primary N) is 1. The maximum absolute atomic E-state index is 14.0. The molecule has 0 aliphatic heterocycles. The van der Waals surface area contributed by atoms with Crippen molar-refractivity contribution in [3.63, 3.8) is 0 Å². The van der Waals surface area contributed by atoms with Crippen LogP contribution in [0.4, 0.5) is 4.39 Å². The summed E-state index contributed by atoms with van der Waals surface area (Å²) in [5.74, 6) is -0.499. The number of hydrogen-bond acceptors (Lipinski definition) is 3. The van der Waals surface area contributed by atoms with Gasteiger partial charge in [0.1, 0.15) is 6.17 Å². The van der Waals surface area contributed by atoms with Crippen molar-refractivity contribution in [3.8, 4) is 0 Å². The molecule has 1 rings (SSSR count). The van der Waals surface area contributed by atoms with E-state index in [0.29, 0.717) is 16.8 Å². The summed E-state index contributed by atoms with van der Waals surface area (Å²) in [6.45, 7) is 3.81. The maximum Gasteiger partial charge on any atom is 0.340 e. The maximum atomic E-state index is 14.0. The number of hydrogen-bond donors (Lipinski definition) is 1. The zero-order valence-electron chi connectivity index (χ0n) is 10.7. The van der Waals surface area contributed by atoms with E-state index in [2.05, 4.69) is 0 Å². The van der Waals surface area contributed by atoms with Crippen LogP contribution in [-0.2, 0) is 11.8 Å². The topological polar surface area (TPSA) is 57.2 Å². The second-order valence-electron chi connectivity index (χ2n) is 4.05. The summed E-state index contributed by atoms with van der Waals surface area (Å²) in [6.07, 6.45) is -1.03. The van der Waals surface area contributed by atoms with Gasteiger partial charge in [0, 0.05) is 24.0 Å². The largest absolute Gasteiger partial charge is 0.465 e. The standard InChI is InChI=1S/C12H19FN2O2/c1-7-10(9(13)5-6-14)11(12(16)17-4)8(2)15(7)3/h9H,5-6,14H2,1-4H3. The van der Waals surface area contributed by atoms with Crippen LogP contribution in [0.1, 0.15) is 39.9 Å². The highest BCUT2D eigenvalue weighted by molar-refractivity contribution is 5.93. The van der Waals surface area contributed by atoms with Gasteiger partial charge in [-0.2, -0.15) is 0 Å². The second-order valence-corrected chi connectivity index (χ2v) is 4.05. The first-order chi connectivity index (χ1) is 7.95. The summed E-state index contributed by atoms with van der Waals surface area (Å²) < 4.78 is 20.5. The Hall–Kier alpha value is -1.36. The van der Waals surface area contributed by atoms with E-state index in [4.69, 9.17) is 10.5 Å². The molecule has 0 aliphatic rings. The molecule has 17 heavy (non-hydrogen) atoms. The minimum Gasteiger partial charge on any atom is -0.465 e. The van der Waals surface area contributed by atoms with Gasteiger partial charge in [0.05, 0.1) is 12.7 Å². The number of alkyl halides is 1. The highest BCUT2D eigenvalue weighted by Gasteiger charge is 2.27. The van der Waals surface area contributed by atoms with E-state index >= 15 is 0 Å². The van der Waals surface area contributed by atoms with E-state index in [1.807, 2.05) is 0 Å². The molecule has 1 aromatic heterocycles. The van der Waals surface area contributed by atoms with E-state index in [1.165, 1.54) is 7.11 Å². The van der Waals surface area contributed by atoms with Crippen LogP contribution >= 0.6 is 0 Å². The summed E-state index contributed by atoms with van der Waals surface area (Å²) in [6, 6.07) is 0. The van der Waals surface area contributed by atoms with Crippen LogP contribution in [-0.4, -0.2) is 24.2 Å². The van der Waals surface area contributed by atoms with Crippen LogP contribution in [0, 0.1) is 13.8 Å². The van der Waals surface area contributed by atoms with Gasteiger partial charge in [0.15, 0.2) is 0 Å². The van der Waals surface area contributed by atoms with Gasteiger partial charge in [-0.3, -0.25) is 0 Å². The average Bonchev–Trinajstić information content (AvgIpc) is 2.53. The van der Waals surface area contributed by atoms with E-state index in [0.717, 1.165) is 5.69 Å². The smallest absolute Gasteiger partial charge is 0.340 e. The van der Waals surface area contributed by atoms with Crippen molar-refractivity contribution >= 4 is 5.97 Å². The molecule has 1 atom stereocenters. The van der Waals surface area contributed by atoms with Gasteiger partial charge in [0.2, 0.25) is 0 Å². The first-order valence-electron chi connectivity index (χ1n) is 5.53. The molecule has 0 spiro atoms. The third kappa shape index (κ3) is 2.34. The molecule has 0 fully saturated rings. The highest BCUT2D eigenvalue weighted by atomic mass is 19.1. The molecule has 0 radical (unpaired) electrons. The molecule has 0 amide bonds. The predicted molar refractivity (Wildman–Crippen MR) is 63.7 cm³/mol. The van der Waals surface area contributed by atoms with Gasteiger partial charge in [-0.1, -0.05) is 0 Å². The predicted octanol–water partition coefficient (Wildman–Crippen LogP) is 1.79. The van der Waals surface area contributed by atoms with Crippen molar-refractivity contribution in [1.82, 2.24) is 4.57 Å². The van der Waals surface area contributed by atoms with Crippen molar-refractivity contribution in [2.45, 2.75) is 26.4 Å². The lowest BCUT2D eigenvalue weighted by atomic mass is 10.0. The summed E-state index contributed by atoms with van der Waals surface area (Å²) in [5.41, 5.74) is 7.54. The van der Waals surface area contributed by atoms with Crippen molar-refractivity contribution in [2.24, 2.45) is 12.8 Å². The Morgan fingerprint density at radius 3 is 2.53 bits per heavy atom. The SMILES string of the molecule is COC(=O)c1c(C(F)CCN)c(C)n(C)c1C. The Morgan fingerprint density at radius 1 is 1.47 bits per heavy atom. The van der Waals surface area contributed by atoms with E-state index in [1.54, 1.807) is 25.5 Å². The molecule has 5 heteroatoms.